The van der Waals surface area contributed by atoms with Crippen molar-refractivity contribution >= 4 is 51.8 Å². The van der Waals surface area contributed by atoms with Gasteiger partial charge in [-0.15, -0.1) is 0 Å². The first-order valence-electron chi connectivity index (χ1n) is 6.81. The molecule has 1 aliphatic heterocycles. The molecule has 0 unspecified atom stereocenters. The van der Waals surface area contributed by atoms with Crippen molar-refractivity contribution in [2.75, 3.05) is 11.9 Å². The summed E-state index contributed by atoms with van der Waals surface area (Å²) in [6, 6.07) is 12.7. The predicted octanol–water partition coefficient (Wildman–Crippen LogP) is 3.25. The van der Waals surface area contributed by atoms with Gasteiger partial charge in [-0.2, -0.15) is 0 Å². The SMILES string of the molecule is O=C(O)COc1ccccc1C=C1C(=O)Nc2ccc(I)cc21. The summed E-state index contributed by atoms with van der Waals surface area (Å²) in [5.74, 6) is -0.810. The number of halogens is 1. The average molecular weight is 421 g/mol. The second-order valence-electron chi connectivity index (χ2n) is 4.92. The number of benzene rings is 2. The summed E-state index contributed by atoms with van der Waals surface area (Å²) >= 11 is 2.19. The molecule has 2 aromatic carbocycles. The van der Waals surface area contributed by atoms with Crippen LogP contribution in [0.5, 0.6) is 5.75 Å². The lowest BCUT2D eigenvalue weighted by molar-refractivity contribution is -0.139. The number of amides is 1. The van der Waals surface area contributed by atoms with Crippen LogP contribution in [0.2, 0.25) is 0 Å². The molecule has 0 aliphatic carbocycles. The Morgan fingerprint density at radius 2 is 2.04 bits per heavy atom. The van der Waals surface area contributed by atoms with Gasteiger partial charge in [-0.25, -0.2) is 4.79 Å². The van der Waals surface area contributed by atoms with Crippen molar-refractivity contribution in [3.63, 3.8) is 0 Å². The van der Waals surface area contributed by atoms with Gasteiger partial charge in [0.15, 0.2) is 6.61 Å². The molecule has 2 aromatic rings. The molecule has 1 amide bonds. The van der Waals surface area contributed by atoms with Crippen molar-refractivity contribution in [1.82, 2.24) is 0 Å². The normalized spacial score (nSPS) is 14.5. The van der Waals surface area contributed by atoms with Gasteiger partial charge in [0.2, 0.25) is 0 Å². The number of carboxylic acid groups (broad SMARTS) is 1. The van der Waals surface area contributed by atoms with E-state index in [9.17, 15) is 9.59 Å². The number of carboxylic acids is 1. The van der Waals surface area contributed by atoms with Crippen LogP contribution < -0.4 is 10.1 Å². The maximum Gasteiger partial charge on any atom is 0.341 e. The fourth-order valence-electron chi connectivity index (χ4n) is 2.33. The van der Waals surface area contributed by atoms with Gasteiger partial charge in [-0.3, -0.25) is 4.79 Å². The zero-order valence-corrected chi connectivity index (χ0v) is 14.0. The zero-order valence-electron chi connectivity index (χ0n) is 11.9. The van der Waals surface area contributed by atoms with Crippen molar-refractivity contribution < 1.29 is 19.4 Å². The molecular formula is C17H12INO4. The van der Waals surface area contributed by atoms with Crippen LogP contribution >= 0.6 is 22.6 Å². The minimum atomic E-state index is -1.05. The van der Waals surface area contributed by atoms with Crippen LogP contribution in [0.4, 0.5) is 5.69 Å². The number of ether oxygens (including phenoxy) is 1. The Balaban J connectivity index is 2.01. The van der Waals surface area contributed by atoms with Gasteiger partial charge in [0.05, 0.1) is 0 Å². The lowest BCUT2D eigenvalue weighted by atomic mass is 10.0. The molecule has 116 valence electrons. The van der Waals surface area contributed by atoms with E-state index in [0.717, 1.165) is 14.8 Å². The third-order valence-electron chi connectivity index (χ3n) is 3.33. The Morgan fingerprint density at radius 1 is 1.26 bits per heavy atom. The quantitative estimate of drug-likeness (QED) is 0.587. The monoisotopic (exact) mass is 421 g/mol. The number of para-hydroxylation sites is 1. The van der Waals surface area contributed by atoms with Crippen LogP contribution in [0.3, 0.4) is 0 Å². The lowest BCUT2D eigenvalue weighted by Crippen LogP contribution is -2.10. The molecule has 2 N–H and O–H groups in total. The summed E-state index contributed by atoms with van der Waals surface area (Å²) in [4.78, 5) is 22.9. The summed E-state index contributed by atoms with van der Waals surface area (Å²) in [6.45, 7) is -0.430. The second kappa shape index (κ2) is 6.41. The molecule has 0 saturated heterocycles. The summed E-state index contributed by atoms with van der Waals surface area (Å²) in [5, 5.41) is 11.6. The molecule has 0 atom stereocenters. The number of carbonyl (C=O) groups is 2. The number of anilines is 1. The van der Waals surface area contributed by atoms with Gasteiger partial charge < -0.3 is 15.2 Å². The van der Waals surface area contributed by atoms with Crippen molar-refractivity contribution in [2.24, 2.45) is 0 Å². The fraction of sp³-hybridized carbons (Fsp3) is 0.0588. The van der Waals surface area contributed by atoms with E-state index < -0.39 is 12.6 Å². The molecule has 0 bridgehead atoms. The van der Waals surface area contributed by atoms with Crippen molar-refractivity contribution in [1.29, 1.82) is 0 Å². The van der Waals surface area contributed by atoms with E-state index in [1.54, 1.807) is 24.3 Å². The highest BCUT2D eigenvalue weighted by Gasteiger charge is 2.24. The van der Waals surface area contributed by atoms with Gasteiger partial charge in [0, 0.05) is 26.0 Å². The smallest absolute Gasteiger partial charge is 0.341 e. The largest absolute Gasteiger partial charge is 0.481 e. The highest BCUT2D eigenvalue weighted by atomic mass is 127. The fourth-order valence-corrected chi connectivity index (χ4v) is 2.82. The van der Waals surface area contributed by atoms with Gasteiger partial charge in [-0.05, 0) is 52.9 Å². The highest BCUT2D eigenvalue weighted by Crippen LogP contribution is 2.35. The topological polar surface area (TPSA) is 75.6 Å². The summed E-state index contributed by atoms with van der Waals surface area (Å²) < 4.78 is 6.31. The second-order valence-corrected chi connectivity index (χ2v) is 6.17. The van der Waals surface area contributed by atoms with Crippen LogP contribution in [0.15, 0.2) is 42.5 Å². The summed E-state index contributed by atoms with van der Waals surface area (Å²) in [7, 11) is 0. The Morgan fingerprint density at radius 3 is 2.83 bits per heavy atom. The number of hydrogen-bond acceptors (Lipinski definition) is 3. The molecule has 3 rings (SSSR count). The van der Waals surface area contributed by atoms with E-state index in [1.807, 2.05) is 24.3 Å². The number of hydrogen-bond donors (Lipinski definition) is 2. The van der Waals surface area contributed by atoms with E-state index in [1.165, 1.54) is 0 Å². The van der Waals surface area contributed by atoms with E-state index in [4.69, 9.17) is 9.84 Å². The Labute approximate surface area is 146 Å². The molecule has 0 spiro atoms. The van der Waals surface area contributed by atoms with Gasteiger partial charge >= 0.3 is 5.97 Å². The van der Waals surface area contributed by atoms with Gasteiger partial charge in [-0.1, -0.05) is 18.2 Å². The number of carbonyl (C=O) groups excluding carboxylic acids is 1. The molecule has 1 heterocycles. The molecule has 1 aliphatic rings. The van der Waals surface area contributed by atoms with E-state index in [0.29, 0.717) is 16.9 Å². The molecule has 5 nitrogen and oxygen atoms in total. The standard InChI is InChI=1S/C17H12INO4/c18-11-5-6-14-12(8-11)13(17(22)19-14)7-10-3-1-2-4-15(10)23-9-16(20)21/h1-8H,9H2,(H,19,22)(H,20,21). The Bertz CT molecular complexity index is 829. The Kier molecular flexibility index (Phi) is 4.33. The zero-order chi connectivity index (χ0) is 16.4. The van der Waals surface area contributed by atoms with Crippen molar-refractivity contribution in [3.8, 4) is 5.75 Å². The van der Waals surface area contributed by atoms with Crippen LogP contribution in [-0.4, -0.2) is 23.6 Å². The number of nitrogens with one attached hydrogen (secondary N) is 1. The Hall–Kier alpha value is -2.35. The lowest BCUT2D eigenvalue weighted by Gasteiger charge is -2.07. The molecule has 6 heteroatoms. The van der Waals surface area contributed by atoms with Crippen LogP contribution in [0, 0.1) is 3.57 Å². The van der Waals surface area contributed by atoms with Crippen LogP contribution in [0.25, 0.3) is 11.6 Å². The molecule has 23 heavy (non-hydrogen) atoms. The van der Waals surface area contributed by atoms with Crippen LogP contribution in [-0.2, 0) is 9.59 Å². The molecule has 0 radical (unpaired) electrons. The average Bonchev–Trinajstić information content (AvgIpc) is 2.82. The highest BCUT2D eigenvalue weighted by molar-refractivity contribution is 14.1. The minimum absolute atomic E-state index is 0.185. The summed E-state index contributed by atoms with van der Waals surface area (Å²) in [5.41, 5.74) is 2.79. The van der Waals surface area contributed by atoms with E-state index in [2.05, 4.69) is 27.9 Å². The predicted molar refractivity (Wildman–Crippen MR) is 95.2 cm³/mol. The van der Waals surface area contributed by atoms with Gasteiger partial charge in [0.25, 0.3) is 5.91 Å². The molecule has 0 aromatic heterocycles. The third kappa shape index (κ3) is 3.37. The van der Waals surface area contributed by atoms with E-state index in [-0.39, 0.29) is 5.91 Å². The first kappa shape index (κ1) is 15.5. The number of rotatable bonds is 4. The van der Waals surface area contributed by atoms with E-state index >= 15 is 0 Å². The summed E-state index contributed by atoms with van der Waals surface area (Å²) in [6.07, 6.45) is 1.72. The van der Waals surface area contributed by atoms with Gasteiger partial charge in [0.1, 0.15) is 5.75 Å². The first-order chi connectivity index (χ1) is 11.0. The number of fused-ring (bicyclic) bond motifs is 1. The molecule has 0 saturated carbocycles. The van der Waals surface area contributed by atoms with Crippen LogP contribution in [0.1, 0.15) is 11.1 Å². The number of aliphatic carboxylic acids is 1. The van der Waals surface area contributed by atoms with Crippen molar-refractivity contribution in [2.45, 2.75) is 0 Å². The molecular weight excluding hydrogens is 409 g/mol. The maximum absolute atomic E-state index is 12.2. The maximum atomic E-state index is 12.2. The first-order valence-corrected chi connectivity index (χ1v) is 7.89. The third-order valence-corrected chi connectivity index (χ3v) is 4.01. The molecule has 0 fully saturated rings. The van der Waals surface area contributed by atoms with Crippen molar-refractivity contribution in [3.05, 3.63) is 57.2 Å². The minimum Gasteiger partial charge on any atom is -0.481 e.